The molecule has 0 amide bonds. The van der Waals surface area contributed by atoms with Gasteiger partial charge in [-0.1, -0.05) is 25.5 Å². The van der Waals surface area contributed by atoms with Crippen LogP contribution in [0, 0.1) is 5.92 Å². The summed E-state index contributed by atoms with van der Waals surface area (Å²) in [6, 6.07) is 7.19. The SMILES string of the molecule is CCC[C@@H]1CCCN(S(=O)(=O)c2cccc3cnccc23)C1. The Balaban J connectivity index is 1.98. The van der Waals surface area contributed by atoms with E-state index in [2.05, 4.69) is 11.9 Å². The summed E-state index contributed by atoms with van der Waals surface area (Å²) in [5.74, 6) is 0.491. The first-order chi connectivity index (χ1) is 10.6. The summed E-state index contributed by atoms with van der Waals surface area (Å²) in [5, 5.41) is 1.63. The van der Waals surface area contributed by atoms with Crippen molar-refractivity contribution in [1.29, 1.82) is 0 Å². The number of nitrogens with zero attached hydrogens (tertiary/aromatic N) is 2. The second kappa shape index (κ2) is 6.34. The van der Waals surface area contributed by atoms with Crippen molar-refractivity contribution in [1.82, 2.24) is 9.29 Å². The van der Waals surface area contributed by atoms with Gasteiger partial charge in [-0.15, -0.1) is 0 Å². The number of fused-ring (bicyclic) bond motifs is 1. The zero-order valence-electron chi connectivity index (χ0n) is 12.9. The number of aromatic nitrogens is 1. The van der Waals surface area contributed by atoms with Crippen LogP contribution in [-0.2, 0) is 10.0 Å². The highest BCUT2D eigenvalue weighted by Gasteiger charge is 2.30. The first-order valence-electron chi connectivity index (χ1n) is 7.96. The van der Waals surface area contributed by atoms with Gasteiger partial charge in [0.05, 0.1) is 4.90 Å². The highest BCUT2D eigenvalue weighted by Crippen LogP contribution is 2.29. The van der Waals surface area contributed by atoms with Gasteiger partial charge in [0.25, 0.3) is 0 Å². The van der Waals surface area contributed by atoms with E-state index in [0.717, 1.165) is 36.5 Å². The van der Waals surface area contributed by atoms with E-state index < -0.39 is 10.0 Å². The second-order valence-electron chi connectivity index (χ2n) is 6.01. The van der Waals surface area contributed by atoms with E-state index in [1.807, 2.05) is 6.07 Å². The summed E-state index contributed by atoms with van der Waals surface area (Å²) in [6.45, 7) is 3.44. The average Bonchev–Trinajstić information content (AvgIpc) is 2.55. The van der Waals surface area contributed by atoms with Crippen LogP contribution >= 0.6 is 0 Å². The van der Waals surface area contributed by atoms with Crippen molar-refractivity contribution in [2.24, 2.45) is 5.92 Å². The Morgan fingerprint density at radius 2 is 2.18 bits per heavy atom. The minimum Gasteiger partial charge on any atom is -0.264 e. The van der Waals surface area contributed by atoms with Gasteiger partial charge in [-0.3, -0.25) is 4.98 Å². The third-order valence-corrected chi connectivity index (χ3v) is 6.36. The predicted molar refractivity (Wildman–Crippen MR) is 88.1 cm³/mol. The molecule has 4 nitrogen and oxygen atoms in total. The van der Waals surface area contributed by atoms with Crippen molar-refractivity contribution in [3.05, 3.63) is 36.7 Å². The van der Waals surface area contributed by atoms with Gasteiger partial charge in [0.1, 0.15) is 0 Å². The van der Waals surface area contributed by atoms with Crippen LogP contribution in [0.1, 0.15) is 32.6 Å². The third-order valence-electron chi connectivity index (χ3n) is 4.44. The van der Waals surface area contributed by atoms with E-state index in [4.69, 9.17) is 0 Å². The minimum atomic E-state index is -3.43. The lowest BCUT2D eigenvalue weighted by molar-refractivity contribution is 0.255. The van der Waals surface area contributed by atoms with Crippen molar-refractivity contribution >= 4 is 20.8 Å². The highest BCUT2D eigenvalue weighted by atomic mass is 32.2. The molecule has 2 aromatic rings. The van der Waals surface area contributed by atoms with Crippen LogP contribution < -0.4 is 0 Å². The maximum atomic E-state index is 13.1. The number of rotatable bonds is 4. The van der Waals surface area contributed by atoms with Gasteiger partial charge < -0.3 is 0 Å². The smallest absolute Gasteiger partial charge is 0.243 e. The summed E-state index contributed by atoms with van der Waals surface area (Å²) in [4.78, 5) is 4.48. The molecule has 1 atom stereocenters. The van der Waals surface area contributed by atoms with Gasteiger partial charge in [-0.2, -0.15) is 4.31 Å². The minimum absolute atomic E-state index is 0.407. The van der Waals surface area contributed by atoms with Gasteiger partial charge in [0.15, 0.2) is 0 Å². The van der Waals surface area contributed by atoms with Crippen molar-refractivity contribution in [2.45, 2.75) is 37.5 Å². The van der Waals surface area contributed by atoms with Crippen LogP contribution in [-0.4, -0.2) is 30.8 Å². The molecule has 1 fully saturated rings. The Bertz CT molecular complexity index is 751. The first kappa shape index (κ1) is 15.4. The van der Waals surface area contributed by atoms with Gasteiger partial charge in [-0.05, 0) is 37.3 Å². The van der Waals surface area contributed by atoms with Gasteiger partial charge in [0.2, 0.25) is 10.0 Å². The molecule has 118 valence electrons. The molecule has 0 radical (unpaired) electrons. The van der Waals surface area contributed by atoms with Crippen LogP contribution in [0.15, 0.2) is 41.6 Å². The topological polar surface area (TPSA) is 50.3 Å². The van der Waals surface area contributed by atoms with Crippen molar-refractivity contribution < 1.29 is 8.42 Å². The second-order valence-corrected chi connectivity index (χ2v) is 7.92. The van der Waals surface area contributed by atoms with Crippen LogP contribution in [0.2, 0.25) is 0 Å². The predicted octanol–water partition coefficient (Wildman–Crippen LogP) is 3.44. The van der Waals surface area contributed by atoms with E-state index in [1.54, 1.807) is 34.9 Å². The highest BCUT2D eigenvalue weighted by molar-refractivity contribution is 7.89. The molecule has 5 heteroatoms. The Morgan fingerprint density at radius 3 is 3.00 bits per heavy atom. The van der Waals surface area contributed by atoms with Crippen molar-refractivity contribution in [3.8, 4) is 0 Å². The van der Waals surface area contributed by atoms with E-state index in [-0.39, 0.29) is 0 Å². The summed E-state index contributed by atoms with van der Waals surface area (Å²) in [5.41, 5.74) is 0. The van der Waals surface area contributed by atoms with Crippen LogP contribution in [0.25, 0.3) is 10.8 Å². The standard InChI is InChI=1S/C17H22N2O2S/c1-2-5-14-6-4-11-19(13-14)22(20,21)17-8-3-7-15-12-18-10-9-16(15)17/h3,7-10,12,14H,2,4-6,11,13H2,1H3/t14-/m1/s1. The molecule has 0 spiro atoms. The first-order valence-corrected chi connectivity index (χ1v) is 9.40. The largest absolute Gasteiger partial charge is 0.264 e. The Hall–Kier alpha value is -1.46. The molecular weight excluding hydrogens is 296 g/mol. The van der Waals surface area contributed by atoms with Gasteiger partial charge >= 0.3 is 0 Å². The number of benzene rings is 1. The van der Waals surface area contributed by atoms with Crippen LogP contribution in [0.4, 0.5) is 0 Å². The fourth-order valence-electron chi connectivity index (χ4n) is 3.35. The summed E-state index contributed by atoms with van der Waals surface area (Å²) in [7, 11) is -3.43. The lowest BCUT2D eigenvalue weighted by atomic mass is 9.95. The van der Waals surface area contributed by atoms with Crippen molar-refractivity contribution in [3.63, 3.8) is 0 Å². The molecule has 1 aliphatic rings. The Morgan fingerprint density at radius 1 is 1.32 bits per heavy atom. The van der Waals surface area contributed by atoms with Gasteiger partial charge in [-0.25, -0.2) is 8.42 Å². The normalized spacial score (nSPS) is 20.3. The molecule has 3 rings (SSSR count). The monoisotopic (exact) mass is 318 g/mol. The van der Waals surface area contributed by atoms with E-state index in [1.165, 1.54) is 0 Å². The molecule has 22 heavy (non-hydrogen) atoms. The number of hydrogen-bond acceptors (Lipinski definition) is 3. The number of sulfonamides is 1. The maximum Gasteiger partial charge on any atom is 0.243 e. The lowest BCUT2D eigenvalue weighted by Gasteiger charge is -2.32. The lowest BCUT2D eigenvalue weighted by Crippen LogP contribution is -2.39. The average molecular weight is 318 g/mol. The number of pyridine rings is 1. The molecule has 0 N–H and O–H groups in total. The molecule has 0 aliphatic carbocycles. The molecule has 0 unspecified atom stereocenters. The fourth-order valence-corrected chi connectivity index (χ4v) is 5.11. The molecular formula is C17H22N2O2S. The van der Waals surface area contributed by atoms with Crippen LogP contribution in [0.5, 0.6) is 0 Å². The number of piperidine rings is 1. The zero-order valence-corrected chi connectivity index (χ0v) is 13.7. The quantitative estimate of drug-likeness (QED) is 0.867. The summed E-state index contributed by atoms with van der Waals surface area (Å²) >= 11 is 0. The van der Waals surface area contributed by atoms with E-state index in [0.29, 0.717) is 23.9 Å². The number of hydrogen-bond donors (Lipinski definition) is 0. The molecule has 0 bridgehead atoms. The summed E-state index contributed by atoms with van der Waals surface area (Å²) < 4.78 is 27.8. The molecule has 2 heterocycles. The molecule has 1 aliphatic heterocycles. The van der Waals surface area contributed by atoms with E-state index >= 15 is 0 Å². The molecule has 1 aromatic heterocycles. The Labute approximate surface area is 132 Å². The molecule has 1 saturated heterocycles. The van der Waals surface area contributed by atoms with Crippen molar-refractivity contribution in [2.75, 3.05) is 13.1 Å². The molecule has 0 saturated carbocycles. The Kier molecular flexibility index (Phi) is 4.45. The molecule has 1 aromatic carbocycles. The van der Waals surface area contributed by atoms with E-state index in [9.17, 15) is 8.42 Å². The maximum absolute atomic E-state index is 13.1. The van der Waals surface area contributed by atoms with Crippen LogP contribution in [0.3, 0.4) is 0 Å². The van der Waals surface area contributed by atoms with Gasteiger partial charge in [0, 0.05) is 36.3 Å². The fraction of sp³-hybridized carbons (Fsp3) is 0.471. The third kappa shape index (κ3) is 2.88. The summed E-state index contributed by atoms with van der Waals surface area (Å²) in [6.07, 6.45) is 7.67. The zero-order chi connectivity index (χ0) is 15.6.